The van der Waals surface area contributed by atoms with Gasteiger partial charge in [-0.05, 0) is 42.5 Å². The summed E-state index contributed by atoms with van der Waals surface area (Å²) in [5, 5.41) is 2.86. The van der Waals surface area contributed by atoms with Gasteiger partial charge in [0.2, 0.25) is 0 Å². The van der Waals surface area contributed by atoms with Crippen LogP contribution < -0.4 is 0 Å². The number of aromatic nitrogens is 2. The fourth-order valence-corrected chi connectivity index (χ4v) is 4.12. The van der Waals surface area contributed by atoms with Crippen molar-refractivity contribution < 1.29 is 4.74 Å². The summed E-state index contributed by atoms with van der Waals surface area (Å²) in [6.45, 7) is 3.54. The van der Waals surface area contributed by atoms with Gasteiger partial charge in [0.05, 0.1) is 23.7 Å². The maximum Gasteiger partial charge on any atom is 0.121 e. The summed E-state index contributed by atoms with van der Waals surface area (Å²) in [7, 11) is 0. The SMILES string of the molecule is Clc1ccc2nc(CN(Cc3cccs3)CC3CCCO3)[nH]c2c1. The van der Waals surface area contributed by atoms with Gasteiger partial charge in [0.15, 0.2) is 0 Å². The van der Waals surface area contributed by atoms with E-state index in [0.717, 1.165) is 54.5 Å². The third-order valence-corrected chi connectivity index (χ3v) is 5.41. The number of halogens is 1. The van der Waals surface area contributed by atoms with Crippen molar-refractivity contribution in [2.75, 3.05) is 13.2 Å². The van der Waals surface area contributed by atoms with E-state index >= 15 is 0 Å². The molecule has 0 spiro atoms. The second-order valence-corrected chi connectivity index (χ2v) is 7.70. The summed E-state index contributed by atoms with van der Waals surface area (Å²) in [5.74, 6) is 0.974. The van der Waals surface area contributed by atoms with Crippen LogP contribution in [-0.2, 0) is 17.8 Å². The Labute approximate surface area is 150 Å². The molecule has 1 atom stereocenters. The lowest BCUT2D eigenvalue weighted by molar-refractivity contribution is 0.0675. The topological polar surface area (TPSA) is 41.2 Å². The van der Waals surface area contributed by atoms with Gasteiger partial charge in [-0.1, -0.05) is 17.7 Å². The number of H-pyrrole nitrogens is 1. The molecule has 1 fully saturated rings. The van der Waals surface area contributed by atoms with Crippen molar-refractivity contribution in [3.8, 4) is 0 Å². The molecule has 1 unspecified atom stereocenters. The number of hydrogen-bond donors (Lipinski definition) is 1. The minimum Gasteiger partial charge on any atom is -0.377 e. The molecule has 0 amide bonds. The van der Waals surface area contributed by atoms with Gasteiger partial charge < -0.3 is 9.72 Å². The molecule has 1 N–H and O–H groups in total. The Balaban J connectivity index is 1.52. The largest absolute Gasteiger partial charge is 0.377 e. The standard InChI is InChI=1S/C18H20ClN3OS/c19-13-5-6-16-17(9-13)21-18(20-16)12-22(10-14-3-1-7-23-14)11-15-4-2-8-24-15/h2,4-6,8-9,14H,1,3,7,10-12H2,(H,20,21). The zero-order chi connectivity index (χ0) is 16.4. The Morgan fingerprint density at radius 1 is 1.33 bits per heavy atom. The van der Waals surface area contributed by atoms with Crippen molar-refractivity contribution in [1.29, 1.82) is 0 Å². The highest BCUT2D eigenvalue weighted by Gasteiger charge is 2.20. The molecule has 1 aliphatic rings. The molecule has 0 bridgehead atoms. The van der Waals surface area contributed by atoms with E-state index < -0.39 is 0 Å². The summed E-state index contributed by atoms with van der Waals surface area (Å²) in [5.41, 5.74) is 1.95. The maximum atomic E-state index is 6.07. The summed E-state index contributed by atoms with van der Waals surface area (Å²) < 4.78 is 5.83. The van der Waals surface area contributed by atoms with E-state index in [-0.39, 0.29) is 0 Å². The molecule has 0 aliphatic carbocycles. The van der Waals surface area contributed by atoms with Crippen LogP contribution in [0.3, 0.4) is 0 Å². The van der Waals surface area contributed by atoms with Gasteiger partial charge in [0.25, 0.3) is 0 Å². The average molecular weight is 362 g/mol. The number of aromatic amines is 1. The highest BCUT2D eigenvalue weighted by atomic mass is 35.5. The summed E-state index contributed by atoms with van der Waals surface area (Å²) in [6.07, 6.45) is 2.65. The highest BCUT2D eigenvalue weighted by molar-refractivity contribution is 7.09. The first-order valence-electron chi connectivity index (χ1n) is 8.27. The number of thiophene rings is 1. The summed E-state index contributed by atoms with van der Waals surface area (Å²) in [6, 6.07) is 10.1. The normalized spacial score (nSPS) is 18.0. The monoisotopic (exact) mass is 361 g/mol. The minimum absolute atomic E-state index is 0.337. The van der Waals surface area contributed by atoms with Gasteiger partial charge in [-0.2, -0.15) is 0 Å². The third kappa shape index (κ3) is 3.81. The molecule has 1 aromatic carbocycles. The van der Waals surface area contributed by atoms with Crippen molar-refractivity contribution in [3.63, 3.8) is 0 Å². The lowest BCUT2D eigenvalue weighted by Crippen LogP contribution is -2.31. The quantitative estimate of drug-likeness (QED) is 0.704. The predicted octanol–water partition coefficient (Wildman–Crippen LogP) is 4.46. The van der Waals surface area contributed by atoms with Gasteiger partial charge >= 0.3 is 0 Å². The van der Waals surface area contributed by atoms with E-state index in [9.17, 15) is 0 Å². The van der Waals surface area contributed by atoms with Crippen molar-refractivity contribution >= 4 is 34.0 Å². The summed E-state index contributed by atoms with van der Waals surface area (Å²) in [4.78, 5) is 11.9. The lowest BCUT2D eigenvalue weighted by atomic mass is 10.2. The van der Waals surface area contributed by atoms with Gasteiger partial charge in [-0.15, -0.1) is 11.3 Å². The molecular formula is C18H20ClN3OS. The van der Waals surface area contributed by atoms with Crippen LogP contribution in [0.1, 0.15) is 23.5 Å². The average Bonchev–Trinajstić information content (AvgIpc) is 3.28. The number of benzene rings is 1. The van der Waals surface area contributed by atoms with Crippen molar-refractivity contribution in [2.45, 2.75) is 32.0 Å². The smallest absolute Gasteiger partial charge is 0.121 e. The zero-order valence-electron chi connectivity index (χ0n) is 13.4. The Morgan fingerprint density at radius 3 is 3.08 bits per heavy atom. The summed E-state index contributed by atoms with van der Waals surface area (Å²) >= 11 is 7.86. The number of fused-ring (bicyclic) bond motifs is 1. The van der Waals surface area contributed by atoms with Gasteiger partial charge in [-0.3, -0.25) is 4.90 Å². The fraction of sp³-hybridized carbons (Fsp3) is 0.389. The number of rotatable bonds is 6. The fourth-order valence-electron chi connectivity index (χ4n) is 3.21. The minimum atomic E-state index is 0.337. The van der Waals surface area contributed by atoms with Crippen LogP contribution in [-0.4, -0.2) is 34.1 Å². The predicted molar refractivity (Wildman–Crippen MR) is 98.5 cm³/mol. The zero-order valence-corrected chi connectivity index (χ0v) is 14.9. The first-order chi connectivity index (χ1) is 11.8. The Kier molecular flexibility index (Phi) is 4.85. The Bertz CT molecular complexity index is 796. The van der Waals surface area contributed by atoms with E-state index in [0.29, 0.717) is 6.10 Å². The lowest BCUT2D eigenvalue weighted by Gasteiger charge is -2.23. The Morgan fingerprint density at radius 2 is 2.29 bits per heavy atom. The number of ether oxygens (including phenoxy) is 1. The molecule has 3 heterocycles. The molecule has 4 rings (SSSR count). The molecule has 4 nitrogen and oxygen atoms in total. The van der Waals surface area contributed by atoms with Crippen LogP contribution >= 0.6 is 22.9 Å². The number of hydrogen-bond acceptors (Lipinski definition) is 4. The first kappa shape index (κ1) is 16.1. The van der Waals surface area contributed by atoms with Crippen molar-refractivity contribution in [2.24, 2.45) is 0 Å². The van der Waals surface area contributed by atoms with Gasteiger partial charge in [0, 0.05) is 29.6 Å². The molecular weight excluding hydrogens is 342 g/mol. The van der Waals surface area contributed by atoms with E-state index in [1.807, 2.05) is 18.2 Å². The van der Waals surface area contributed by atoms with Crippen LogP contribution in [0.4, 0.5) is 0 Å². The van der Waals surface area contributed by atoms with Crippen LogP contribution in [0, 0.1) is 0 Å². The molecule has 24 heavy (non-hydrogen) atoms. The molecule has 126 valence electrons. The second kappa shape index (κ2) is 7.23. The van der Waals surface area contributed by atoms with Gasteiger partial charge in [0.1, 0.15) is 5.82 Å². The molecule has 3 aromatic rings. The first-order valence-corrected chi connectivity index (χ1v) is 9.52. The number of nitrogens with zero attached hydrogens (tertiary/aromatic N) is 2. The molecule has 1 saturated heterocycles. The van der Waals surface area contributed by atoms with E-state index in [4.69, 9.17) is 21.3 Å². The molecule has 1 aliphatic heterocycles. The Hall–Kier alpha value is -1.40. The number of imidazole rings is 1. The molecule has 6 heteroatoms. The highest BCUT2D eigenvalue weighted by Crippen LogP contribution is 2.21. The van der Waals surface area contributed by atoms with Crippen molar-refractivity contribution in [1.82, 2.24) is 14.9 Å². The van der Waals surface area contributed by atoms with Crippen LogP contribution in [0.25, 0.3) is 11.0 Å². The number of nitrogens with one attached hydrogen (secondary N) is 1. The van der Waals surface area contributed by atoms with E-state index in [2.05, 4.69) is 27.4 Å². The van der Waals surface area contributed by atoms with Gasteiger partial charge in [-0.25, -0.2) is 4.98 Å². The van der Waals surface area contributed by atoms with E-state index in [1.165, 1.54) is 11.3 Å². The van der Waals surface area contributed by atoms with E-state index in [1.54, 1.807) is 11.3 Å². The second-order valence-electron chi connectivity index (χ2n) is 6.23. The molecule has 2 aromatic heterocycles. The van der Waals surface area contributed by atoms with Crippen LogP contribution in [0.15, 0.2) is 35.7 Å². The molecule has 0 saturated carbocycles. The third-order valence-electron chi connectivity index (χ3n) is 4.31. The van der Waals surface area contributed by atoms with Crippen LogP contribution in [0.5, 0.6) is 0 Å². The molecule has 0 radical (unpaired) electrons. The van der Waals surface area contributed by atoms with Crippen molar-refractivity contribution in [3.05, 3.63) is 51.4 Å². The maximum absolute atomic E-state index is 6.07. The van der Waals surface area contributed by atoms with Crippen LogP contribution in [0.2, 0.25) is 5.02 Å².